The van der Waals surface area contributed by atoms with Crippen LogP contribution >= 0.6 is 0 Å². The van der Waals surface area contributed by atoms with Gasteiger partial charge in [0.25, 0.3) is 0 Å². The lowest BCUT2D eigenvalue weighted by Gasteiger charge is -2.25. The van der Waals surface area contributed by atoms with Gasteiger partial charge < -0.3 is 9.47 Å². The van der Waals surface area contributed by atoms with Crippen LogP contribution in [0.5, 0.6) is 0 Å². The van der Waals surface area contributed by atoms with Crippen LogP contribution in [-0.4, -0.2) is 15.5 Å². The second kappa shape index (κ2) is 7.71. The summed E-state index contributed by atoms with van der Waals surface area (Å²) in [6, 6.07) is 13.1. The van der Waals surface area contributed by atoms with Crippen LogP contribution in [0.1, 0.15) is 47.7 Å². The van der Waals surface area contributed by atoms with Gasteiger partial charge in [-0.3, -0.25) is 4.79 Å². The summed E-state index contributed by atoms with van der Waals surface area (Å²) < 4.78 is 15.6. The largest absolute Gasteiger partial charge is 0.337 e. The number of amides is 1. The second-order valence-corrected chi connectivity index (χ2v) is 8.54. The van der Waals surface area contributed by atoms with E-state index < -0.39 is 0 Å². The lowest BCUT2D eigenvalue weighted by molar-refractivity contribution is -0.120. The fourth-order valence-corrected chi connectivity index (χ4v) is 4.65. The van der Waals surface area contributed by atoms with Crippen molar-refractivity contribution in [2.45, 2.75) is 44.6 Å². The molecule has 0 N–H and O–H groups in total. The molecule has 1 fully saturated rings. The molecule has 0 unspecified atom stereocenters. The molecule has 5 rings (SSSR count). The molecule has 2 aliphatic carbocycles. The molecule has 0 spiro atoms. The molecule has 0 radical (unpaired) electrons. The van der Waals surface area contributed by atoms with Gasteiger partial charge in [0.2, 0.25) is 5.91 Å². The second-order valence-electron chi connectivity index (χ2n) is 8.54. The lowest BCUT2D eigenvalue weighted by Crippen LogP contribution is -2.33. The molecule has 5 heteroatoms. The number of aryl methyl sites for hydroxylation is 3. The predicted octanol–water partition coefficient (Wildman–Crippen LogP) is 4.77. The number of halogens is 1. The third kappa shape index (κ3) is 3.64. The Bertz CT molecular complexity index is 1090. The van der Waals surface area contributed by atoms with Gasteiger partial charge in [-0.05, 0) is 79.0 Å². The molecule has 30 heavy (non-hydrogen) atoms. The maximum absolute atomic E-state index is 13.7. The summed E-state index contributed by atoms with van der Waals surface area (Å²) in [5, 5.41) is 0. The van der Waals surface area contributed by atoms with Gasteiger partial charge in [0.05, 0.1) is 6.54 Å². The molecule has 154 valence electrons. The maximum Gasteiger partial charge on any atom is 0.231 e. The average Bonchev–Trinajstić information content (AvgIpc) is 3.47. The highest BCUT2D eigenvalue weighted by Crippen LogP contribution is 2.49. The Hall–Kier alpha value is -2.95. The van der Waals surface area contributed by atoms with E-state index in [0.29, 0.717) is 6.54 Å². The number of fused-ring (bicyclic) bond motifs is 1. The highest BCUT2D eigenvalue weighted by atomic mass is 19.1. The third-order valence-electron chi connectivity index (χ3n) is 6.51. The SMILES string of the molecule is Cn1ccnc1CN(C(=O)[C@H]1C[C@@H]1c1cccc(F)c1)c1ccc2c(c1)CCCC2. The van der Waals surface area contributed by atoms with Gasteiger partial charge in [0.1, 0.15) is 11.6 Å². The van der Waals surface area contributed by atoms with Gasteiger partial charge in [-0.1, -0.05) is 18.2 Å². The van der Waals surface area contributed by atoms with E-state index >= 15 is 0 Å². The summed E-state index contributed by atoms with van der Waals surface area (Å²) in [5.74, 6) is 0.690. The molecule has 1 heterocycles. The summed E-state index contributed by atoms with van der Waals surface area (Å²) in [4.78, 5) is 19.9. The Balaban J connectivity index is 1.44. The van der Waals surface area contributed by atoms with Crippen LogP contribution < -0.4 is 4.90 Å². The minimum atomic E-state index is -0.245. The zero-order valence-corrected chi connectivity index (χ0v) is 17.2. The molecule has 0 bridgehead atoms. The van der Waals surface area contributed by atoms with Crippen molar-refractivity contribution in [3.63, 3.8) is 0 Å². The van der Waals surface area contributed by atoms with Gasteiger partial charge >= 0.3 is 0 Å². The number of imidazole rings is 1. The number of aromatic nitrogens is 2. The number of nitrogens with zero attached hydrogens (tertiary/aromatic N) is 3. The normalized spacial score (nSPS) is 19.9. The molecule has 4 nitrogen and oxygen atoms in total. The zero-order valence-electron chi connectivity index (χ0n) is 17.2. The molecule has 0 aliphatic heterocycles. The van der Waals surface area contributed by atoms with Crippen molar-refractivity contribution in [2.24, 2.45) is 13.0 Å². The van der Waals surface area contributed by atoms with E-state index in [1.54, 1.807) is 18.3 Å². The van der Waals surface area contributed by atoms with Gasteiger partial charge in [-0.25, -0.2) is 9.37 Å². The molecular formula is C25H26FN3O. The van der Waals surface area contributed by atoms with Crippen LogP contribution in [0.2, 0.25) is 0 Å². The number of carbonyl (C=O) groups excluding carboxylic acids is 1. The van der Waals surface area contributed by atoms with Crippen LogP contribution in [0.25, 0.3) is 0 Å². The first-order valence-electron chi connectivity index (χ1n) is 10.7. The van der Waals surface area contributed by atoms with Gasteiger partial charge in [-0.2, -0.15) is 0 Å². The number of anilines is 1. The smallest absolute Gasteiger partial charge is 0.231 e. The number of carbonyl (C=O) groups is 1. The number of benzene rings is 2. The minimum Gasteiger partial charge on any atom is -0.337 e. The monoisotopic (exact) mass is 403 g/mol. The predicted molar refractivity (Wildman–Crippen MR) is 115 cm³/mol. The first kappa shape index (κ1) is 19.0. The first-order valence-corrected chi connectivity index (χ1v) is 10.7. The third-order valence-corrected chi connectivity index (χ3v) is 6.51. The summed E-state index contributed by atoms with van der Waals surface area (Å²) in [6.07, 6.45) is 9.06. The summed E-state index contributed by atoms with van der Waals surface area (Å²) in [6.45, 7) is 0.438. The molecule has 1 saturated carbocycles. The molecular weight excluding hydrogens is 377 g/mol. The molecule has 1 aromatic heterocycles. The van der Waals surface area contributed by atoms with Crippen molar-refractivity contribution < 1.29 is 9.18 Å². The summed E-state index contributed by atoms with van der Waals surface area (Å²) in [7, 11) is 1.95. The fraction of sp³-hybridized carbons (Fsp3) is 0.360. The Morgan fingerprint density at radius 3 is 2.77 bits per heavy atom. The lowest BCUT2D eigenvalue weighted by atomic mass is 9.91. The van der Waals surface area contributed by atoms with E-state index in [4.69, 9.17) is 0 Å². The van der Waals surface area contributed by atoms with Crippen molar-refractivity contribution in [3.05, 3.63) is 83.2 Å². The Morgan fingerprint density at radius 1 is 1.17 bits per heavy atom. The number of rotatable bonds is 5. The van der Waals surface area contributed by atoms with Crippen molar-refractivity contribution in [2.75, 3.05) is 4.90 Å². The highest BCUT2D eigenvalue weighted by molar-refractivity contribution is 5.97. The summed E-state index contributed by atoms with van der Waals surface area (Å²) in [5.41, 5.74) is 4.61. The quantitative estimate of drug-likeness (QED) is 0.615. The van der Waals surface area contributed by atoms with Crippen molar-refractivity contribution in [1.29, 1.82) is 0 Å². The molecule has 2 atom stereocenters. The van der Waals surface area contributed by atoms with E-state index in [2.05, 4.69) is 23.2 Å². The van der Waals surface area contributed by atoms with E-state index in [-0.39, 0.29) is 23.6 Å². The number of hydrogen-bond acceptors (Lipinski definition) is 2. The molecule has 3 aromatic rings. The molecule has 0 saturated heterocycles. The summed E-state index contributed by atoms with van der Waals surface area (Å²) >= 11 is 0. The Morgan fingerprint density at radius 2 is 2.00 bits per heavy atom. The standard InChI is InChI=1S/C25H26FN3O/c1-28-12-11-27-24(28)16-29(21-10-9-17-5-2-3-6-18(17)14-21)25(30)23-15-22(23)19-7-4-8-20(26)13-19/h4,7-14,22-23H,2-3,5-6,15-16H2,1H3/t22-,23+/m1/s1. The maximum atomic E-state index is 13.7. The van der Waals surface area contributed by atoms with Crippen LogP contribution in [0.3, 0.4) is 0 Å². The zero-order chi connectivity index (χ0) is 20.7. The van der Waals surface area contributed by atoms with E-state index in [0.717, 1.165) is 36.3 Å². The van der Waals surface area contributed by atoms with E-state index in [1.807, 2.05) is 28.8 Å². The van der Waals surface area contributed by atoms with E-state index in [1.165, 1.54) is 30.0 Å². The molecule has 2 aromatic carbocycles. The van der Waals surface area contributed by atoms with Crippen molar-refractivity contribution >= 4 is 11.6 Å². The number of hydrogen-bond donors (Lipinski definition) is 0. The average molecular weight is 404 g/mol. The fourth-order valence-electron chi connectivity index (χ4n) is 4.65. The van der Waals surface area contributed by atoms with Crippen molar-refractivity contribution in [3.8, 4) is 0 Å². The van der Waals surface area contributed by atoms with Crippen LogP contribution in [0.15, 0.2) is 54.9 Å². The van der Waals surface area contributed by atoms with Gasteiger partial charge in [0.15, 0.2) is 0 Å². The molecule has 2 aliphatic rings. The molecule has 1 amide bonds. The Kier molecular flexibility index (Phi) is 4.89. The van der Waals surface area contributed by atoms with Crippen molar-refractivity contribution in [1.82, 2.24) is 9.55 Å². The van der Waals surface area contributed by atoms with Gasteiger partial charge in [0, 0.05) is 31.0 Å². The van der Waals surface area contributed by atoms with E-state index in [9.17, 15) is 9.18 Å². The highest BCUT2D eigenvalue weighted by Gasteiger charge is 2.46. The van der Waals surface area contributed by atoms with Gasteiger partial charge in [-0.15, -0.1) is 0 Å². The van der Waals surface area contributed by atoms with Crippen LogP contribution in [0, 0.1) is 11.7 Å². The van der Waals surface area contributed by atoms with Crippen LogP contribution in [0.4, 0.5) is 10.1 Å². The van der Waals surface area contributed by atoms with Crippen LogP contribution in [-0.2, 0) is 31.2 Å². The Labute approximate surface area is 176 Å². The topological polar surface area (TPSA) is 38.1 Å². The minimum absolute atomic E-state index is 0.0923. The first-order chi connectivity index (χ1) is 14.6.